The van der Waals surface area contributed by atoms with Crippen molar-refractivity contribution in [3.63, 3.8) is 0 Å². The highest BCUT2D eigenvalue weighted by Gasteiger charge is 2.08. The van der Waals surface area contributed by atoms with Gasteiger partial charge in [-0.05, 0) is 12.1 Å². The number of carbonyl (C=O) groups is 1. The lowest BCUT2D eigenvalue weighted by atomic mass is 10.2. The molecule has 0 aliphatic heterocycles. The zero-order chi connectivity index (χ0) is 14.5. The molecule has 0 fully saturated rings. The molecule has 1 aromatic carbocycles. The maximum absolute atomic E-state index is 12.1. The fraction of sp³-hybridized carbons (Fsp3) is 0.308. The van der Waals surface area contributed by atoms with Crippen LogP contribution in [0, 0.1) is 0 Å². The monoisotopic (exact) mass is 296 g/mol. The predicted molar refractivity (Wildman–Crippen MR) is 75.1 cm³/mol. The Labute approximate surface area is 118 Å². The number of aromatic nitrogens is 2. The summed E-state index contributed by atoms with van der Waals surface area (Å²) in [5.41, 5.74) is -0.709. The maximum Gasteiger partial charge on any atom is 0.307 e. The standard InChI is InChI=1S/C13H13ClN2O4/c14-6-8-20-11(17)5-7-16-13(19)10-4-2-1-3-9(10)12(18)15-16/h1-4H,5-8H2,(H,15,18). The van der Waals surface area contributed by atoms with Gasteiger partial charge in [0.1, 0.15) is 6.61 Å². The molecule has 0 spiro atoms. The molecule has 0 bridgehead atoms. The van der Waals surface area contributed by atoms with Crippen molar-refractivity contribution >= 4 is 28.3 Å². The molecule has 0 saturated heterocycles. The van der Waals surface area contributed by atoms with Crippen molar-refractivity contribution in [3.8, 4) is 0 Å². The van der Waals surface area contributed by atoms with Gasteiger partial charge in [-0.3, -0.25) is 19.5 Å². The Morgan fingerprint density at radius 2 is 1.95 bits per heavy atom. The number of hydrogen-bond acceptors (Lipinski definition) is 4. The number of H-pyrrole nitrogens is 1. The normalized spacial score (nSPS) is 10.7. The summed E-state index contributed by atoms with van der Waals surface area (Å²) in [6.45, 7) is 0.184. The van der Waals surface area contributed by atoms with Crippen LogP contribution in [-0.4, -0.2) is 28.2 Å². The summed E-state index contributed by atoms with van der Waals surface area (Å²) in [7, 11) is 0. The minimum atomic E-state index is -0.466. The molecular formula is C13H13ClN2O4. The minimum Gasteiger partial charge on any atom is -0.464 e. The third-order valence-corrected chi connectivity index (χ3v) is 2.92. The van der Waals surface area contributed by atoms with Crippen LogP contribution in [0.4, 0.5) is 0 Å². The van der Waals surface area contributed by atoms with Crippen LogP contribution in [0.3, 0.4) is 0 Å². The topological polar surface area (TPSA) is 81.2 Å². The highest BCUT2D eigenvalue weighted by atomic mass is 35.5. The summed E-state index contributed by atoms with van der Waals surface area (Å²) in [5, 5.41) is 3.10. The van der Waals surface area contributed by atoms with E-state index in [-0.39, 0.29) is 36.6 Å². The van der Waals surface area contributed by atoms with Gasteiger partial charge in [0.05, 0.1) is 29.6 Å². The number of rotatable bonds is 5. The number of nitrogens with zero attached hydrogens (tertiary/aromatic N) is 1. The highest BCUT2D eigenvalue weighted by molar-refractivity contribution is 6.18. The van der Waals surface area contributed by atoms with E-state index in [1.54, 1.807) is 24.3 Å². The Morgan fingerprint density at radius 1 is 1.25 bits per heavy atom. The first-order valence-corrected chi connectivity index (χ1v) is 6.60. The van der Waals surface area contributed by atoms with Crippen molar-refractivity contribution in [3.05, 3.63) is 45.0 Å². The molecule has 1 N–H and O–H groups in total. The number of halogens is 1. The number of esters is 1. The van der Waals surface area contributed by atoms with Gasteiger partial charge in [-0.1, -0.05) is 12.1 Å². The van der Waals surface area contributed by atoms with Gasteiger partial charge in [0, 0.05) is 0 Å². The van der Waals surface area contributed by atoms with E-state index in [9.17, 15) is 14.4 Å². The molecule has 1 aromatic heterocycles. The fourth-order valence-electron chi connectivity index (χ4n) is 1.83. The lowest BCUT2D eigenvalue weighted by molar-refractivity contribution is -0.143. The molecule has 1 heterocycles. The molecule has 0 radical (unpaired) electrons. The van der Waals surface area contributed by atoms with Gasteiger partial charge in [0.25, 0.3) is 11.1 Å². The number of benzene rings is 1. The number of aromatic amines is 1. The summed E-state index contributed by atoms with van der Waals surface area (Å²) < 4.78 is 5.91. The van der Waals surface area contributed by atoms with Crippen molar-refractivity contribution in [1.82, 2.24) is 9.78 Å². The summed E-state index contributed by atoms with van der Waals surface area (Å²) in [6.07, 6.45) is -0.00885. The van der Waals surface area contributed by atoms with Crippen molar-refractivity contribution in [2.75, 3.05) is 12.5 Å². The Hall–Kier alpha value is -2.08. The lowest BCUT2D eigenvalue weighted by Gasteiger charge is -2.07. The van der Waals surface area contributed by atoms with E-state index < -0.39 is 5.97 Å². The quantitative estimate of drug-likeness (QED) is 0.655. The predicted octanol–water partition coefficient (Wildman–Crippen LogP) is 0.862. The van der Waals surface area contributed by atoms with Gasteiger partial charge in [-0.25, -0.2) is 4.68 Å². The molecule has 2 rings (SSSR count). The fourth-order valence-corrected chi connectivity index (χ4v) is 1.91. The number of nitrogens with one attached hydrogen (secondary N) is 1. The van der Waals surface area contributed by atoms with E-state index in [2.05, 4.69) is 5.10 Å². The van der Waals surface area contributed by atoms with Crippen molar-refractivity contribution in [1.29, 1.82) is 0 Å². The van der Waals surface area contributed by atoms with Crippen LogP contribution < -0.4 is 11.1 Å². The molecule has 6 nitrogen and oxygen atoms in total. The van der Waals surface area contributed by atoms with Crippen LogP contribution in [0.15, 0.2) is 33.9 Å². The van der Waals surface area contributed by atoms with Crippen LogP contribution >= 0.6 is 11.6 Å². The Morgan fingerprint density at radius 3 is 2.65 bits per heavy atom. The molecule has 20 heavy (non-hydrogen) atoms. The number of hydrogen-bond donors (Lipinski definition) is 1. The van der Waals surface area contributed by atoms with Crippen LogP contribution in [0.2, 0.25) is 0 Å². The maximum atomic E-state index is 12.1. The van der Waals surface area contributed by atoms with Crippen LogP contribution in [0.5, 0.6) is 0 Å². The zero-order valence-corrected chi connectivity index (χ0v) is 11.4. The summed E-state index contributed by atoms with van der Waals surface area (Å²) >= 11 is 5.39. The Bertz CT molecular complexity index is 735. The smallest absolute Gasteiger partial charge is 0.307 e. The van der Waals surface area contributed by atoms with Crippen LogP contribution in [0.1, 0.15) is 6.42 Å². The van der Waals surface area contributed by atoms with Gasteiger partial charge in [-0.2, -0.15) is 0 Å². The molecule has 0 unspecified atom stereocenters. The van der Waals surface area contributed by atoms with Crippen molar-refractivity contribution in [2.24, 2.45) is 0 Å². The van der Waals surface area contributed by atoms with Gasteiger partial charge in [0.15, 0.2) is 0 Å². The van der Waals surface area contributed by atoms with E-state index in [1.807, 2.05) is 0 Å². The molecular weight excluding hydrogens is 284 g/mol. The summed E-state index contributed by atoms with van der Waals surface area (Å²) in [6, 6.07) is 6.52. The number of fused-ring (bicyclic) bond motifs is 1. The van der Waals surface area contributed by atoms with Crippen LogP contribution in [-0.2, 0) is 16.1 Å². The van der Waals surface area contributed by atoms with Gasteiger partial charge >= 0.3 is 5.97 Å². The number of aryl methyl sites for hydroxylation is 1. The van der Waals surface area contributed by atoms with E-state index in [4.69, 9.17) is 16.3 Å². The largest absolute Gasteiger partial charge is 0.464 e. The molecule has 0 aliphatic rings. The molecule has 2 aromatic rings. The second kappa shape index (κ2) is 6.38. The first kappa shape index (κ1) is 14.3. The average molecular weight is 297 g/mol. The zero-order valence-electron chi connectivity index (χ0n) is 10.6. The Kier molecular flexibility index (Phi) is 4.57. The van der Waals surface area contributed by atoms with Crippen molar-refractivity contribution in [2.45, 2.75) is 13.0 Å². The summed E-state index contributed by atoms with van der Waals surface area (Å²) in [5.74, 6) is -0.245. The molecule has 0 saturated carbocycles. The molecule has 0 atom stereocenters. The van der Waals surface area contributed by atoms with Crippen LogP contribution in [0.25, 0.3) is 10.8 Å². The van der Waals surface area contributed by atoms with Crippen molar-refractivity contribution < 1.29 is 9.53 Å². The third kappa shape index (κ3) is 3.08. The van der Waals surface area contributed by atoms with Gasteiger partial charge in [-0.15, -0.1) is 11.6 Å². The van der Waals surface area contributed by atoms with Gasteiger partial charge < -0.3 is 4.74 Å². The Balaban J connectivity index is 2.23. The lowest BCUT2D eigenvalue weighted by Crippen LogP contribution is -2.30. The number of carbonyl (C=O) groups excluding carboxylic acids is 1. The molecule has 0 aliphatic carbocycles. The molecule has 7 heteroatoms. The minimum absolute atomic E-state index is 0.00885. The summed E-state index contributed by atoms with van der Waals surface area (Å²) in [4.78, 5) is 35.3. The van der Waals surface area contributed by atoms with Gasteiger partial charge in [0.2, 0.25) is 0 Å². The van der Waals surface area contributed by atoms with E-state index in [0.717, 1.165) is 4.68 Å². The number of alkyl halides is 1. The second-order valence-corrected chi connectivity index (χ2v) is 4.48. The SMILES string of the molecule is O=C(CCn1[nH]c(=O)c2ccccc2c1=O)OCCCl. The average Bonchev–Trinajstić information content (AvgIpc) is 2.47. The van der Waals surface area contributed by atoms with E-state index in [0.29, 0.717) is 10.8 Å². The number of ether oxygens (including phenoxy) is 1. The molecule has 0 amide bonds. The second-order valence-electron chi connectivity index (χ2n) is 4.10. The third-order valence-electron chi connectivity index (χ3n) is 2.76. The van der Waals surface area contributed by atoms with E-state index >= 15 is 0 Å². The highest BCUT2D eigenvalue weighted by Crippen LogP contribution is 2.02. The van der Waals surface area contributed by atoms with E-state index in [1.165, 1.54) is 0 Å². The first-order valence-electron chi connectivity index (χ1n) is 6.07. The first-order chi connectivity index (χ1) is 9.63. The molecule has 106 valence electrons.